The van der Waals surface area contributed by atoms with Crippen LogP contribution in [0.3, 0.4) is 0 Å². The number of anilines is 1. The molecule has 3 heteroatoms. The van der Waals surface area contributed by atoms with E-state index in [1.165, 1.54) is 16.8 Å². The van der Waals surface area contributed by atoms with E-state index in [2.05, 4.69) is 42.5 Å². The highest BCUT2D eigenvalue weighted by molar-refractivity contribution is 5.84. The summed E-state index contributed by atoms with van der Waals surface area (Å²) in [7, 11) is 0. The molecule has 1 saturated heterocycles. The van der Waals surface area contributed by atoms with Crippen LogP contribution in [0, 0.1) is 19.8 Å². The standard InChI is InChI=1S/C15H20N2O/c1-10-5-3-6-13(11(10)2)17-14-7-4-8-15(18)12(14)9-16-17/h3,5-6,12,14,16H,4,7-9H2,1-2H3/t12-,14-/m1/s1. The van der Waals surface area contributed by atoms with E-state index in [1.54, 1.807) is 0 Å². The highest BCUT2D eigenvalue weighted by Gasteiger charge is 2.41. The van der Waals surface area contributed by atoms with Crippen molar-refractivity contribution in [3.8, 4) is 0 Å². The van der Waals surface area contributed by atoms with E-state index in [9.17, 15) is 4.79 Å². The fourth-order valence-corrected chi connectivity index (χ4v) is 3.22. The Morgan fingerprint density at radius 2 is 2.17 bits per heavy atom. The Hall–Kier alpha value is -1.35. The van der Waals surface area contributed by atoms with Crippen molar-refractivity contribution in [1.82, 2.24) is 5.43 Å². The largest absolute Gasteiger partial charge is 0.304 e. The van der Waals surface area contributed by atoms with Gasteiger partial charge in [0, 0.05) is 13.0 Å². The zero-order valence-corrected chi connectivity index (χ0v) is 11.1. The van der Waals surface area contributed by atoms with Crippen molar-refractivity contribution in [1.29, 1.82) is 0 Å². The fourth-order valence-electron chi connectivity index (χ4n) is 3.22. The van der Waals surface area contributed by atoms with Crippen molar-refractivity contribution in [3.05, 3.63) is 29.3 Å². The fraction of sp³-hybridized carbons (Fsp3) is 0.533. The molecule has 1 aromatic carbocycles. The van der Waals surface area contributed by atoms with Crippen molar-refractivity contribution in [2.75, 3.05) is 11.6 Å². The average molecular weight is 244 g/mol. The molecule has 1 heterocycles. The van der Waals surface area contributed by atoms with Gasteiger partial charge in [0.2, 0.25) is 0 Å². The number of Topliss-reactive ketones (excluding diaryl/α,β-unsaturated/α-hetero) is 1. The highest BCUT2D eigenvalue weighted by atomic mass is 16.1. The molecule has 0 radical (unpaired) electrons. The molecule has 18 heavy (non-hydrogen) atoms. The second-order valence-electron chi connectivity index (χ2n) is 5.48. The summed E-state index contributed by atoms with van der Waals surface area (Å²) in [4.78, 5) is 11.9. The van der Waals surface area contributed by atoms with Gasteiger partial charge in [-0.25, -0.2) is 5.43 Å². The minimum absolute atomic E-state index is 0.193. The number of carbonyl (C=O) groups is 1. The van der Waals surface area contributed by atoms with Crippen LogP contribution < -0.4 is 10.4 Å². The molecule has 0 bridgehead atoms. The minimum Gasteiger partial charge on any atom is -0.304 e. The number of benzene rings is 1. The van der Waals surface area contributed by atoms with Gasteiger partial charge >= 0.3 is 0 Å². The van der Waals surface area contributed by atoms with Crippen LogP contribution in [0.5, 0.6) is 0 Å². The first-order chi connectivity index (χ1) is 8.68. The summed E-state index contributed by atoms with van der Waals surface area (Å²) >= 11 is 0. The molecule has 1 saturated carbocycles. The molecule has 1 aliphatic carbocycles. The Bertz CT molecular complexity index is 483. The van der Waals surface area contributed by atoms with E-state index in [4.69, 9.17) is 0 Å². The van der Waals surface area contributed by atoms with Gasteiger partial charge in [0.25, 0.3) is 0 Å². The van der Waals surface area contributed by atoms with Crippen LogP contribution in [-0.2, 0) is 4.79 Å². The third kappa shape index (κ3) is 1.74. The molecule has 2 fully saturated rings. The van der Waals surface area contributed by atoms with Gasteiger partial charge < -0.3 is 5.01 Å². The monoisotopic (exact) mass is 244 g/mol. The zero-order chi connectivity index (χ0) is 12.7. The highest BCUT2D eigenvalue weighted by Crippen LogP contribution is 2.34. The first kappa shape index (κ1) is 11.7. The lowest BCUT2D eigenvalue weighted by Crippen LogP contribution is -2.41. The molecule has 0 amide bonds. The van der Waals surface area contributed by atoms with Crippen molar-refractivity contribution in [2.24, 2.45) is 5.92 Å². The maximum absolute atomic E-state index is 11.9. The van der Waals surface area contributed by atoms with Crippen LogP contribution in [0.25, 0.3) is 0 Å². The van der Waals surface area contributed by atoms with Crippen molar-refractivity contribution >= 4 is 11.5 Å². The summed E-state index contributed by atoms with van der Waals surface area (Å²) in [5, 5.41) is 2.24. The molecule has 1 N–H and O–H groups in total. The van der Waals surface area contributed by atoms with Gasteiger partial charge in [-0.3, -0.25) is 4.79 Å². The lowest BCUT2D eigenvalue weighted by Gasteiger charge is -2.32. The van der Waals surface area contributed by atoms with Crippen LogP contribution in [0.4, 0.5) is 5.69 Å². The van der Waals surface area contributed by atoms with E-state index < -0.39 is 0 Å². The molecule has 0 unspecified atom stereocenters. The van der Waals surface area contributed by atoms with Crippen molar-refractivity contribution < 1.29 is 4.79 Å². The summed E-state index contributed by atoms with van der Waals surface area (Å²) in [6.45, 7) is 5.10. The lowest BCUT2D eigenvalue weighted by molar-refractivity contribution is -0.124. The Morgan fingerprint density at radius 3 is 3.00 bits per heavy atom. The number of ketones is 1. The third-order valence-electron chi connectivity index (χ3n) is 4.45. The number of aryl methyl sites for hydroxylation is 1. The normalized spacial score (nSPS) is 27.4. The Kier molecular flexibility index (Phi) is 2.86. The summed E-state index contributed by atoms with van der Waals surface area (Å²) in [6, 6.07) is 6.73. The van der Waals surface area contributed by atoms with Crippen molar-refractivity contribution in [2.45, 2.75) is 39.2 Å². The van der Waals surface area contributed by atoms with E-state index in [1.807, 2.05) is 0 Å². The van der Waals surface area contributed by atoms with Crippen LogP contribution in [0.15, 0.2) is 18.2 Å². The van der Waals surface area contributed by atoms with Gasteiger partial charge in [-0.2, -0.15) is 0 Å². The van der Waals surface area contributed by atoms with Crippen LogP contribution in [0.1, 0.15) is 30.4 Å². The SMILES string of the molecule is Cc1cccc(N2NC[C@H]3C(=O)CCC[C@H]32)c1C. The van der Waals surface area contributed by atoms with Gasteiger partial charge in [-0.15, -0.1) is 0 Å². The van der Waals surface area contributed by atoms with E-state index in [0.29, 0.717) is 11.8 Å². The Morgan fingerprint density at radius 1 is 1.33 bits per heavy atom. The Labute approximate surface area is 108 Å². The van der Waals surface area contributed by atoms with Crippen LogP contribution in [0.2, 0.25) is 0 Å². The molecule has 3 rings (SSSR count). The number of fused-ring (bicyclic) bond motifs is 1. The molecular weight excluding hydrogens is 224 g/mol. The van der Waals surface area contributed by atoms with Crippen LogP contribution in [-0.4, -0.2) is 18.4 Å². The summed E-state index contributed by atoms with van der Waals surface area (Å²) in [5.74, 6) is 0.630. The van der Waals surface area contributed by atoms with Crippen molar-refractivity contribution in [3.63, 3.8) is 0 Å². The number of carbonyl (C=O) groups excluding carboxylic acids is 1. The number of hydrazine groups is 1. The maximum Gasteiger partial charge on any atom is 0.139 e. The molecule has 0 aromatic heterocycles. The molecule has 0 spiro atoms. The topological polar surface area (TPSA) is 32.3 Å². The predicted octanol–water partition coefficient (Wildman–Crippen LogP) is 2.37. The number of hydrogen-bond donors (Lipinski definition) is 1. The molecule has 3 nitrogen and oxygen atoms in total. The van der Waals surface area contributed by atoms with E-state index >= 15 is 0 Å². The lowest BCUT2D eigenvalue weighted by atomic mass is 9.84. The van der Waals surface area contributed by atoms with E-state index in [-0.39, 0.29) is 5.92 Å². The first-order valence-electron chi connectivity index (χ1n) is 6.80. The summed E-state index contributed by atoms with van der Waals surface area (Å²) < 4.78 is 0. The van der Waals surface area contributed by atoms with Gasteiger partial charge in [0.05, 0.1) is 17.6 Å². The number of nitrogens with one attached hydrogen (secondary N) is 1. The van der Waals surface area contributed by atoms with Gasteiger partial charge in [0.1, 0.15) is 5.78 Å². The number of rotatable bonds is 1. The second kappa shape index (κ2) is 4.39. The van der Waals surface area contributed by atoms with E-state index in [0.717, 1.165) is 25.8 Å². The van der Waals surface area contributed by atoms with Gasteiger partial charge in [-0.1, -0.05) is 12.1 Å². The molecular formula is C15H20N2O. The van der Waals surface area contributed by atoms with Crippen LogP contribution >= 0.6 is 0 Å². The minimum atomic E-state index is 0.193. The molecule has 2 atom stereocenters. The third-order valence-corrected chi connectivity index (χ3v) is 4.45. The summed E-state index contributed by atoms with van der Waals surface area (Å²) in [6.07, 6.45) is 2.92. The summed E-state index contributed by atoms with van der Waals surface area (Å²) in [5.41, 5.74) is 7.27. The van der Waals surface area contributed by atoms with Gasteiger partial charge in [0.15, 0.2) is 0 Å². The average Bonchev–Trinajstić information content (AvgIpc) is 2.78. The van der Waals surface area contributed by atoms with Gasteiger partial charge in [-0.05, 0) is 43.9 Å². The molecule has 2 aliphatic rings. The Balaban J connectivity index is 1.93. The second-order valence-corrected chi connectivity index (χ2v) is 5.48. The number of nitrogens with zero attached hydrogens (tertiary/aromatic N) is 1. The maximum atomic E-state index is 11.9. The number of hydrogen-bond acceptors (Lipinski definition) is 3. The first-order valence-corrected chi connectivity index (χ1v) is 6.80. The molecule has 1 aliphatic heterocycles. The quantitative estimate of drug-likeness (QED) is 0.823. The smallest absolute Gasteiger partial charge is 0.139 e. The molecule has 96 valence electrons. The molecule has 1 aromatic rings. The predicted molar refractivity (Wildman–Crippen MR) is 72.5 cm³/mol. The zero-order valence-electron chi connectivity index (χ0n) is 11.1.